The van der Waals surface area contributed by atoms with Crippen molar-refractivity contribution in [2.24, 2.45) is 11.7 Å². The van der Waals surface area contributed by atoms with E-state index in [-0.39, 0.29) is 12.1 Å². The zero-order valence-electron chi connectivity index (χ0n) is 12.7. The fraction of sp³-hybridized carbons (Fsp3) is 0.471. The standard InChI is InChI=1S/C17H25N3/c1-4-8-15-19-11-12-20(15)17(13(2)3)16(18)14-9-6-5-7-10-14/h5-7,9-13,16-17H,4,8,18H2,1-3H3. The van der Waals surface area contributed by atoms with Gasteiger partial charge in [-0.2, -0.15) is 0 Å². The molecule has 108 valence electrons. The Kier molecular flexibility index (Phi) is 4.96. The van der Waals surface area contributed by atoms with Crippen LogP contribution in [0.1, 0.15) is 50.7 Å². The molecule has 0 spiro atoms. The second-order valence-corrected chi connectivity index (χ2v) is 5.67. The lowest BCUT2D eigenvalue weighted by Crippen LogP contribution is -2.29. The van der Waals surface area contributed by atoms with Gasteiger partial charge in [0.25, 0.3) is 0 Å². The molecule has 20 heavy (non-hydrogen) atoms. The fourth-order valence-corrected chi connectivity index (χ4v) is 2.81. The largest absolute Gasteiger partial charge is 0.330 e. The van der Waals surface area contributed by atoms with E-state index < -0.39 is 0 Å². The maximum atomic E-state index is 6.55. The molecule has 2 unspecified atom stereocenters. The molecule has 1 aromatic carbocycles. The molecule has 0 amide bonds. The second kappa shape index (κ2) is 6.71. The van der Waals surface area contributed by atoms with Crippen molar-refractivity contribution in [2.75, 3.05) is 0 Å². The predicted octanol–water partition coefficient (Wildman–Crippen LogP) is 3.73. The van der Waals surface area contributed by atoms with Crippen LogP contribution in [0.5, 0.6) is 0 Å². The molecular formula is C17H25N3. The summed E-state index contributed by atoms with van der Waals surface area (Å²) in [5, 5.41) is 0. The van der Waals surface area contributed by atoms with Crippen molar-refractivity contribution in [3.63, 3.8) is 0 Å². The van der Waals surface area contributed by atoms with Crippen LogP contribution in [0.2, 0.25) is 0 Å². The van der Waals surface area contributed by atoms with Crippen LogP contribution in [0, 0.1) is 5.92 Å². The Morgan fingerprint density at radius 1 is 1.20 bits per heavy atom. The lowest BCUT2D eigenvalue weighted by molar-refractivity contribution is 0.311. The molecule has 2 atom stereocenters. The topological polar surface area (TPSA) is 43.8 Å². The number of nitrogens with zero attached hydrogens (tertiary/aromatic N) is 2. The van der Waals surface area contributed by atoms with Crippen LogP contribution in [0.25, 0.3) is 0 Å². The van der Waals surface area contributed by atoms with Gasteiger partial charge in [0, 0.05) is 18.8 Å². The van der Waals surface area contributed by atoms with Crippen molar-refractivity contribution < 1.29 is 0 Å². The summed E-state index contributed by atoms with van der Waals surface area (Å²) in [5.41, 5.74) is 7.73. The maximum Gasteiger partial charge on any atom is 0.108 e. The molecule has 1 heterocycles. The third-order valence-corrected chi connectivity index (χ3v) is 3.78. The third-order valence-electron chi connectivity index (χ3n) is 3.78. The second-order valence-electron chi connectivity index (χ2n) is 5.67. The van der Waals surface area contributed by atoms with Crippen molar-refractivity contribution >= 4 is 0 Å². The van der Waals surface area contributed by atoms with Crippen LogP contribution in [-0.4, -0.2) is 9.55 Å². The first-order valence-electron chi connectivity index (χ1n) is 7.47. The lowest BCUT2D eigenvalue weighted by atomic mass is 9.91. The molecule has 1 aromatic heterocycles. The van der Waals surface area contributed by atoms with Gasteiger partial charge in [-0.25, -0.2) is 4.98 Å². The van der Waals surface area contributed by atoms with Gasteiger partial charge in [0.1, 0.15) is 5.82 Å². The van der Waals surface area contributed by atoms with Crippen LogP contribution in [-0.2, 0) is 6.42 Å². The first-order chi connectivity index (χ1) is 9.65. The number of aromatic nitrogens is 2. The van der Waals surface area contributed by atoms with Crippen molar-refractivity contribution in [3.05, 3.63) is 54.1 Å². The SMILES string of the molecule is CCCc1nccn1C(C(C)C)C(N)c1ccccc1. The first-order valence-corrected chi connectivity index (χ1v) is 7.47. The molecule has 3 heteroatoms. The fourth-order valence-electron chi connectivity index (χ4n) is 2.81. The molecule has 2 aromatic rings. The Morgan fingerprint density at radius 2 is 1.90 bits per heavy atom. The van der Waals surface area contributed by atoms with Crippen LogP contribution in [0.3, 0.4) is 0 Å². The highest BCUT2D eigenvalue weighted by molar-refractivity contribution is 5.20. The number of hydrogen-bond donors (Lipinski definition) is 1. The molecule has 0 fully saturated rings. The normalized spacial score (nSPS) is 14.4. The van der Waals surface area contributed by atoms with E-state index in [4.69, 9.17) is 5.73 Å². The summed E-state index contributed by atoms with van der Waals surface area (Å²) in [7, 11) is 0. The van der Waals surface area contributed by atoms with Gasteiger partial charge in [0.05, 0.1) is 12.1 Å². The number of rotatable bonds is 6. The van der Waals surface area contributed by atoms with Crippen LogP contribution in [0.15, 0.2) is 42.7 Å². The average molecular weight is 271 g/mol. The minimum atomic E-state index is -0.0130. The minimum Gasteiger partial charge on any atom is -0.330 e. The Bertz CT molecular complexity index is 516. The quantitative estimate of drug-likeness (QED) is 0.870. The summed E-state index contributed by atoms with van der Waals surface area (Å²) in [5.74, 6) is 1.59. The maximum absolute atomic E-state index is 6.55. The summed E-state index contributed by atoms with van der Waals surface area (Å²) in [4.78, 5) is 4.49. The molecule has 2 N–H and O–H groups in total. The van der Waals surface area contributed by atoms with Gasteiger partial charge in [-0.1, -0.05) is 51.1 Å². The van der Waals surface area contributed by atoms with Crippen LogP contribution in [0.4, 0.5) is 0 Å². The van der Waals surface area contributed by atoms with E-state index in [1.54, 1.807) is 0 Å². The molecule has 0 aliphatic rings. The van der Waals surface area contributed by atoms with Crippen molar-refractivity contribution in [2.45, 2.75) is 45.7 Å². The van der Waals surface area contributed by atoms with Gasteiger partial charge in [0.2, 0.25) is 0 Å². The van der Waals surface area contributed by atoms with E-state index in [1.165, 1.54) is 5.56 Å². The van der Waals surface area contributed by atoms with E-state index in [0.29, 0.717) is 5.92 Å². The van der Waals surface area contributed by atoms with E-state index in [1.807, 2.05) is 24.4 Å². The molecule has 0 radical (unpaired) electrons. The van der Waals surface area contributed by atoms with Gasteiger partial charge in [-0.05, 0) is 17.9 Å². The molecule has 0 aliphatic heterocycles. The third kappa shape index (κ3) is 3.10. The smallest absolute Gasteiger partial charge is 0.108 e. The highest BCUT2D eigenvalue weighted by atomic mass is 15.1. The van der Waals surface area contributed by atoms with Crippen LogP contribution >= 0.6 is 0 Å². The lowest BCUT2D eigenvalue weighted by Gasteiger charge is -2.30. The average Bonchev–Trinajstić information content (AvgIpc) is 2.88. The van der Waals surface area contributed by atoms with Crippen molar-refractivity contribution in [1.29, 1.82) is 0 Å². The number of imidazole rings is 1. The number of aryl methyl sites for hydroxylation is 1. The molecule has 2 rings (SSSR count). The minimum absolute atomic E-state index is 0.0130. The summed E-state index contributed by atoms with van der Waals surface area (Å²) >= 11 is 0. The summed E-state index contributed by atoms with van der Waals surface area (Å²) in [6.45, 7) is 6.63. The Morgan fingerprint density at radius 3 is 2.50 bits per heavy atom. The summed E-state index contributed by atoms with van der Waals surface area (Å²) in [6.07, 6.45) is 6.05. The monoisotopic (exact) mass is 271 g/mol. The Labute approximate surface area is 121 Å². The van der Waals surface area contributed by atoms with E-state index in [0.717, 1.165) is 18.7 Å². The zero-order chi connectivity index (χ0) is 14.5. The van der Waals surface area contributed by atoms with Gasteiger partial charge in [-0.15, -0.1) is 0 Å². The van der Waals surface area contributed by atoms with Crippen molar-refractivity contribution in [1.82, 2.24) is 9.55 Å². The Hall–Kier alpha value is -1.61. The molecule has 0 saturated carbocycles. The predicted molar refractivity (Wildman–Crippen MR) is 83.5 cm³/mol. The molecule has 0 saturated heterocycles. The molecular weight excluding hydrogens is 246 g/mol. The highest BCUT2D eigenvalue weighted by Crippen LogP contribution is 2.31. The van der Waals surface area contributed by atoms with Gasteiger partial charge in [-0.3, -0.25) is 0 Å². The van der Waals surface area contributed by atoms with Gasteiger partial charge >= 0.3 is 0 Å². The summed E-state index contributed by atoms with van der Waals surface area (Å²) in [6, 6.07) is 10.6. The highest BCUT2D eigenvalue weighted by Gasteiger charge is 2.25. The van der Waals surface area contributed by atoms with E-state index in [9.17, 15) is 0 Å². The first kappa shape index (κ1) is 14.8. The van der Waals surface area contributed by atoms with E-state index in [2.05, 4.69) is 48.7 Å². The Balaban J connectivity index is 2.34. The van der Waals surface area contributed by atoms with Gasteiger partial charge < -0.3 is 10.3 Å². The van der Waals surface area contributed by atoms with Gasteiger partial charge in [0.15, 0.2) is 0 Å². The van der Waals surface area contributed by atoms with Crippen molar-refractivity contribution in [3.8, 4) is 0 Å². The van der Waals surface area contributed by atoms with Crippen LogP contribution < -0.4 is 5.73 Å². The molecule has 0 aliphatic carbocycles. The number of benzene rings is 1. The van der Waals surface area contributed by atoms with E-state index >= 15 is 0 Å². The number of nitrogens with two attached hydrogens (primary N) is 1. The molecule has 3 nitrogen and oxygen atoms in total. The summed E-state index contributed by atoms with van der Waals surface area (Å²) < 4.78 is 2.27. The zero-order valence-corrected chi connectivity index (χ0v) is 12.7. The number of hydrogen-bond acceptors (Lipinski definition) is 2. The molecule has 0 bridgehead atoms.